The molecule has 2 aliphatic heterocycles. The summed E-state index contributed by atoms with van der Waals surface area (Å²) in [5, 5.41) is 11.0. The fourth-order valence-electron chi connectivity index (χ4n) is 6.32. The number of H-pyrrole nitrogens is 1. The van der Waals surface area contributed by atoms with Crippen molar-refractivity contribution in [2.45, 2.75) is 45.2 Å². The highest BCUT2D eigenvalue weighted by atomic mass is 19.3. The Balaban J connectivity index is 1.46. The van der Waals surface area contributed by atoms with E-state index in [1.54, 1.807) is 13.2 Å². The summed E-state index contributed by atoms with van der Waals surface area (Å²) in [4.78, 5) is 21.8. The predicted octanol–water partition coefficient (Wildman–Crippen LogP) is 4.25. The molecular formula is C28H36F2N4O3. The van der Waals surface area contributed by atoms with Crippen LogP contribution in [0.5, 0.6) is 5.75 Å². The average Bonchev–Trinajstić information content (AvgIpc) is 3.58. The molecule has 0 saturated carbocycles. The number of carboxylic acid groups (broad SMARTS) is 1. The number of halogens is 2. The predicted molar refractivity (Wildman–Crippen MR) is 139 cm³/mol. The summed E-state index contributed by atoms with van der Waals surface area (Å²) in [7, 11) is 1.68. The molecule has 2 atom stereocenters. The number of nitrogens with one attached hydrogen (secondary N) is 1. The number of hydrogen-bond donors (Lipinski definition) is 2. The highest BCUT2D eigenvalue weighted by Crippen LogP contribution is 2.37. The van der Waals surface area contributed by atoms with E-state index >= 15 is 0 Å². The summed E-state index contributed by atoms with van der Waals surface area (Å²) in [5.41, 5.74) is 4.50. The van der Waals surface area contributed by atoms with Gasteiger partial charge in [-0.3, -0.25) is 9.80 Å². The number of aromatic amines is 1. The zero-order valence-corrected chi connectivity index (χ0v) is 21.6. The van der Waals surface area contributed by atoms with E-state index in [0.29, 0.717) is 38.2 Å². The van der Waals surface area contributed by atoms with E-state index in [0.717, 1.165) is 59.4 Å². The summed E-state index contributed by atoms with van der Waals surface area (Å²) in [5.74, 6) is -0.0589. The zero-order valence-electron chi connectivity index (χ0n) is 21.6. The number of piperazine rings is 1. The molecule has 1 aliphatic carbocycles. The third-order valence-electron chi connectivity index (χ3n) is 8.17. The van der Waals surface area contributed by atoms with Gasteiger partial charge in [-0.25, -0.2) is 13.6 Å². The molecule has 2 saturated heterocycles. The van der Waals surface area contributed by atoms with Crippen LogP contribution in [0.4, 0.5) is 8.78 Å². The van der Waals surface area contributed by atoms with Crippen LogP contribution in [0.3, 0.4) is 0 Å². The topological polar surface area (TPSA) is 72.0 Å². The first-order valence-corrected chi connectivity index (χ1v) is 13.1. The molecule has 2 aromatic rings. The SMILES string of the molecule is COc1cc(C)c2[nH]ccc2c1CN1CCN(CC(F)F)C[C@@H]1C1C=CC(C(=O)O)=C(N2CCCC2)C1. The molecule has 1 aromatic carbocycles. The normalized spacial score (nSPS) is 23.5. The molecular weight excluding hydrogens is 478 g/mol. The average molecular weight is 515 g/mol. The second-order valence-corrected chi connectivity index (χ2v) is 10.4. The van der Waals surface area contributed by atoms with Gasteiger partial charge in [-0.1, -0.05) is 6.08 Å². The number of fused-ring (bicyclic) bond motifs is 1. The molecule has 0 amide bonds. The van der Waals surface area contributed by atoms with Crippen molar-refractivity contribution in [3.05, 3.63) is 52.9 Å². The van der Waals surface area contributed by atoms with Crippen LogP contribution in [0.25, 0.3) is 10.9 Å². The van der Waals surface area contributed by atoms with E-state index < -0.39 is 12.4 Å². The van der Waals surface area contributed by atoms with Crippen LogP contribution >= 0.6 is 0 Å². The van der Waals surface area contributed by atoms with E-state index in [9.17, 15) is 18.7 Å². The van der Waals surface area contributed by atoms with Gasteiger partial charge in [0.25, 0.3) is 6.43 Å². The Bertz CT molecular complexity index is 1200. The number of ether oxygens (including phenoxy) is 1. The van der Waals surface area contributed by atoms with Gasteiger partial charge in [0.15, 0.2) is 0 Å². The van der Waals surface area contributed by atoms with Crippen molar-refractivity contribution in [3.63, 3.8) is 0 Å². The van der Waals surface area contributed by atoms with Gasteiger partial charge in [0, 0.05) is 73.7 Å². The minimum absolute atomic E-state index is 0.0253. The minimum Gasteiger partial charge on any atom is -0.496 e. The molecule has 9 heteroatoms. The molecule has 2 N–H and O–H groups in total. The number of benzene rings is 1. The van der Waals surface area contributed by atoms with Crippen molar-refractivity contribution >= 4 is 16.9 Å². The number of alkyl halides is 2. The Hall–Kier alpha value is -2.91. The fourth-order valence-corrected chi connectivity index (χ4v) is 6.32. The first kappa shape index (κ1) is 25.7. The van der Waals surface area contributed by atoms with Crippen molar-refractivity contribution in [2.24, 2.45) is 5.92 Å². The Labute approximate surface area is 216 Å². The number of aliphatic carboxylic acids is 1. The second-order valence-electron chi connectivity index (χ2n) is 10.4. The van der Waals surface area contributed by atoms with Gasteiger partial charge >= 0.3 is 5.97 Å². The van der Waals surface area contributed by atoms with Crippen LogP contribution in [-0.4, -0.2) is 89.6 Å². The summed E-state index contributed by atoms with van der Waals surface area (Å²) in [6, 6.07) is 4.08. The first-order valence-electron chi connectivity index (χ1n) is 13.1. The fraction of sp³-hybridized carbons (Fsp3) is 0.536. The number of aromatic nitrogens is 1. The van der Waals surface area contributed by atoms with Crippen LogP contribution in [0.1, 0.15) is 30.4 Å². The maximum Gasteiger partial charge on any atom is 0.337 e. The van der Waals surface area contributed by atoms with E-state index in [4.69, 9.17) is 4.74 Å². The highest BCUT2D eigenvalue weighted by Gasteiger charge is 2.37. The molecule has 7 nitrogen and oxygen atoms in total. The van der Waals surface area contributed by atoms with Gasteiger partial charge in [0.1, 0.15) is 5.75 Å². The lowest BCUT2D eigenvalue weighted by molar-refractivity contribution is -0.132. The van der Waals surface area contributed by atoms with Gasteiger partial charge in [0.05, 0.1) is 19.2 Å². The van der Waals surface area contributed by atoms with Crippen LogP contribution in [0.15, 0.2) is 41.8 Å². The number of likely N-dealkylation sites (tertiary alicyclic amines) is 1. The summed E-state index contributed by atoms with van der Waals surface area (Å²) in [6.07, 6.45) is 6.00. The third kappa shape index (κ3) is 5.25. The number of carboxylic acids is 1. The first-order chi connectivity index (χ1) is 17.9. The number of nitrogens with zero attached hydrogens (tertiary/aromatic N) is 3. The largest absolute Gasteiger partial charge is 0.496 e. The third-order valence-corrected chi connectivity index (χ3v) is 8.17. The maximum atomic E-state index is 13.3. The molecule has 37 heavy (non-hydrogen) atoms. The molecule has 5 rings (SSSR count). The zero-order chi connectivity index (χ0) is 26.1. The summed E-state index contributed by atoms with van der Waals surface area (Å²) >= 11 is 0. The van der Waals surface area contributed by atoms with Crippen molar-refractivity contribution in [1.29, 1.82) is 0 Å². The number of rotatable bonds is 8. The van der Waals surface area contributed by atoms with Crippen molar-refractivity contribution in [1.82, 2.24) is 19.7 Å². The minimum atomic E-state index is -2.38. The number of aryl methyl sites for hydroxylation is 1. The van der Waals surface area contributed by atoms with Gasteiger partial charge in [-0.15, -0.1) is 0 Å². The van der Waals surface area contributed by atoms with E-state index in [-0.39, 0.29) is 18.5 Å². The van der Waals surface area contributed by atoms with Crippen LogP contribution in [0, 0.1) is 12.8 Å². The van der Waals surface area contributed by atoms with Crippen molar-refractivity contribution < 1.29 is 23.4 Å². The van der Waals surface area contributed by atoms with Gasteiger partial charge in [-0.2, -0.15) is 0 Å². The second kappa shape index (κ2) is 10.8. The van der Waals surface area contributed by atoms with Gasteiger partial charge in [-0.05, 0) is 55.9 Å². The number of methoxy groups -OCH3 is 1. The molecule has 3 aliphatic rings. The van der Waals surface area contributed by atoms with E-state index in [2.05, 4.69) is 27.8 Å². The van der Waals surface area contributed by atoms with E-state index in [1.165, 1.54) is 0 Å². The molecule has 1 unspecified atom stereocenters. The van der Waals surface area contributed by atoms with Crippen molar-refractivity contribution in [2.75, 3.05) is 46.4 Å². The molecule has 3 heterocycles. The Morgan fingerprint density at radius 2 is 2.03 bits per heavy atom. The number of allylic oxidation sites excluding steroid dienone is 1. The lowest BCUT2D eigenvalue weighted by atomic mass is 9.85. The lowest BCUT2D eigenvalue weighted by Gasteiger charge is -2.45. The Morgan fingerprint density at radius 1 is 1.24 bits per heavy atom. The molecule has 0 bridgehead atoms. The van der Waals surface area contributed by atoms with Crippen LogP contribution < -0.4 is 4.74 Å². The molecule has 200 valence electrons. The van der Waals surface area contributed by atoms with Gasteiger partial charge in [0.2, 0.25) is 0 Å². The molecule has 0 spiro atoms. The molecule has 2 fully saturated rings. The number of carbonyl (C=O) groups is 1. The van der Waals surface area contributed by atoms with Crippen LogP contribution in [0.2, 0.25) is 0 Å². The van der Waals surface area contributed by atoms with E-state index in [1.807, 2.05) is 23.2 Å². The summed E-state index contributed by atoms with van der Waals surface area (Å²) < 4.78 is 32.5. The quantitative estimate of drug-likeness (QED) is 0.549. The standard InChI is InChI=1S/C28H36F2N4O3/c1-18-13-25(37-2)22(20-7-8-31-27(18)20)15-34-12-11-32(17-26(29)30)16-24(34)19-5-6-21(28(35)36)23(14-19)33-9-3-4-10-33/h5-8,13,19,24,26,31H,3-4,9-12,14-17H2,1-2H3,(H,35,36)/t19?,24-/m1/s1. The smallest absolute Gasteiger partial charge is 0.337 e. The molecule has 0 radical (unpaired) electrons. The monoisotopic (exact) mass is 514 g/mol. The van der Waals surface area contributed by atoms with Gasteiger partial charge < -0.3 is 19.7 Å². The highest BCUT2D eigenvalue weighted by molar-refractivity contribution is 5.91. The lowest BCUT2D eigenvalue weighted by Crippen LogP contribution is -2.56. The Kier molecular flexibility index (Phi) is 7.53. The van der Waals surface area contributed by atoms with Crippen molar-refractivity contribution in [3.8, 4) is 5.75 Å². The molecule has 1 aromatic heterocycles. The Morgan fingerprint density at radius 3 is 2.73 bits per heavy atom. The summed E-state index contributed by atoms with van der Waals surface area (Å²) in [6.45, 7) is 5.90. The maximum absolute atomic E-state index is 13.3. The van der Waals surface area contributed by atoms with Crippen LogP contribution in [-0.2, 0) is 11.3 Å². The number of hydrogen-bond acceptors (Lipinski definition) is 5.